The molecule has 1 heterocycles. The number of benzene rings is 2. The molecular weight excluding hydrogens is 361 g/mol. The van der Waals surface area contributed by atoms with E-state index in [9.17, 15) is 28.3 Å². The number of carboxylic acids is 1. The smallest absolute Gasteiger partial charge is 0.431 e. The van der Waals surface area contributed by atoms with Gasteiger partial charge in [0.1, 0.15) is 17.0 Å². The minimum absolute atomic E-state index is 0.147. The number of aryl methyl sites for hydroxylation is 1. The average molecular weight is 374 g/mol. The highest BCUT2D eigenvalue weighted by atomic mass is 19.4. The fourth-order valence-electron chi connectivity index (χ4n) is 3.15. The topological polar surface area (TPSA) is 86.2 Å². The zero-order valence-corrected chi connectivity index (χ0v) is 14.2. The quantitative estimate of drug-likeness (QED) is 0.694. The standard InChI is InChI=1S/C19H13F3N2O3/c1-9-11(3-4-12(17(9)25)18(26)27)13-5-10(8-23)6-15-14(13)7-16(24(15)2)19(20,21)22/h3-7,25H,1-2H3,(H,26,27). The second kappa shape index (κ2) is 6.06. The lowest BCUT2D eigenvalue weighted by Crippen LogP contribution is -2.10. The molecule has 1 aromatic heterocycles. The maximum absolute atomic E-state index is 13.3. The molecule has 0 unspecified atom stereocenters. The van der Waals surface area contributed by atoms with Crippen LogP contribution >= 0.6 is 0 Å². The van der Waals surface area contributed by atoms with Gasteiger partial charge in [0.2, 0.25) is 0 Å². The minimum atomic E-state index is -4.58. The Morgan fingerprint density at radius 3 is 2.41 bits per heavy atom. The number of hydrogen-bond donors (Lipinski definition) is 2. The zero-order valence-electron chi connectivity index (χ0n) is 14.2. The number of rotatable bonds is 2. The van der Waals surface area contributed by atoms with Gasteiger partial charge in [0.15, 0.2) is 0 Å². The highest BCUT2D eigenvalue weighted by Gasteiger charge is 2.35. The summed E-state index contributed by atoms with van der Waals surface area (Å²) in [6.45, 7) is 1.47. The van der Waals surface area contributed by atoms with Crippen LogP contribution in [0.25, 0.3) is 22.0 Å². The molecule has 0 atom stereocenters. The SMILES string of the molecule is Cc1c(-c2cc(C#N)cc3c2cc(C(F)(F)F)n3C)ccc(C(=O)O)c1O. The minimum Gasteiger partial charge on any atom is -0.507 e. The first-order valence-corrected chi connectivity index (χ1v) is 7.73. The van der Waals surface area contributed by atoms with E-state index in [2.05, 4.69) is 0 Å². The van der Waals surface area contributed by atoms with Crippen molar-refractivity contribution in [1.82, 2.24) is 4.57 Å². The summed E-state index contributed by atoms with van der Waals surface area (Å²) in [5.74, 6) is -1.79. The number of fused-ring (bicyclic) bond motifs is 1. The first kappa shape index (κ1) is 18.3. The molecule has 0 radical (unpaired) electrons. The summed E-state index contributed by atoms with van der Waals surface area (Å²) < 4.78 is 40.9. The van der Waals surface area contributed by atoms with Gasteiger partial charge in [-0.2, -0.15) is 18.4 Å². The lowest BCUT2D eigenvalue weighted by Gasteiger charge is -2.12. The number of halogens is 3. The van der Waals surface area contributed by atoms with Gasteiger partial charge in [-0.1, -0.05) is 6.07 Å². The molecule has 0 bridgehead atoms. The Morgan fingerprint density at radius 1 is 1.19 bits per heavy atom. The van der Waals surface area contributed by atoms with Crippen molar-refractivity contribution in [3.05, 3.63) is 52.7 Å². The number of carbonyl (C=O) groups is 1. The van der Waals surface area contributed by atoms with Gasteiger partial charge in [0, 0.05) is 12.4 Å². The first-order chi connectivity index (χ1) is 12.6. The van der Waals surface area contributed by atoms with Crippen LogP contribution in [-0.4, -0.2) is 20.7 Å². The molecule has 138 valence electrons. The Labute approximate surface area is 151 Å². The van der Waals surface area contributed by atoms with E-state index in [4.69, 9.17) is 5.11 Å². The van der Waals surface area contributed by atoms with Gasteiger partial charge in [-0.25, -0.2) is 4.79 Å². The third kappa shape index (κ3) is 2.87. The van der Waals surface area contributed by atoms with E-state index in [1.54, 1.807) is 0 Å². The molecule has 5 nitrogen and oxygen atoms in total. The molecule has 3 rings (SSSR count). The second-order valence-electron chi connectivity index (χ2n) is 6.09. The van der Waals surface area contributed by atoms with E-state index in [0.29, 0.717) is 11.1 Å². The number of carboxylic acid groups (broad SMARTS) is 1. The van der Waals surface area contributed by atoms with Crippen molar-refractivity contribution in [3.63, 3.8) is 0 Å². The predicted octanol–water partition coefficient (Wildman–Crippen LogP) is 4.45. The third-order valence-electron chi connectivity index (χ3n) is 4.53. The number of aromatic hydroxyl groups is 1. The molecule has 3 aromatic rings. The monoisotopic (exact) mass is 374 g/mol. The van der Waals surface area contributed by atoms with Crippen LogP contribution in [0.1, 0.15) is 27.2 Å². The van der Waals surface area contributed by atoms with E-state index in [1.807, 2.05) is 6.07 Å². The van der Waals surface area contributed by atoms with Crippen LogP contribution < -0.4 is 0 Å². The Morgan fingerprint density at radius 2 is 1.85 bits per heavy atom. The van der Waals surface area contributed by atoms with Crippen LogP contribution in [0.2, 0.25) is 0 Å². The maximum atomic E-state index is 13.3. The summed E-state index contributed by atoms with van der Waals surface area (Å²) in [7, 11) is 1.26. The lowest BCUT2D eigenvalue weighted by molar-refractivity contribution is -0.142. The third-order valence-corrected chi connectivity index (χ3v) is 4.53. The van der Waals surface area contributed by atoms with Crippen LogP contribution in [0.5, 0.6) is 5.75 Å². The zero-order chi connectivity index (χ0) is 20.1. The average Bonchev–Trinajstić information content (AvgIpc) is 2.93. The van der Waals surface area contributed by atoms with Crippen LogP contribution in [0.15, 0.2) is 30.3 Å². The lowest BCUT2D eigenvalue weighted by atomic mass is 9.93. The summed E-state index contributed by atoms with van der Waals surface area (Å²) in [5, 5.41) is 28.8. The number of nitrogens with zero attached hydrogens (tertiary/aromatic N) is 2. The summed E-state index contributed by atoms with van der Waals surface area (Å²) in [6.07, 6.45) is -4.58. The number of nitriles is 1. The molecule has 0 amide bonds. The molecule has 2 N–H and O–H groups in total. The van der Waals surface area contributed by atoms with Crippen LogP contribution in [-0.2, 0) is 13.2 Å². The number of alkyl halides is 3. The fourth-order valence-corrected chi connectivity index (χ4v) is 3.15. The van der Waals surface area contributed by atoms with Crippen molar-refractivity contribution in [3.8, 4) is 22.9 Å². The van der Waals surface area contributed by atoms with Crippen molar-refractivity contribution in [2.75, 3.05) is 0 Å². The highest BCUT2D eigenvalue weighted by Crippen LogP contribution is 2.40. The van der Waals surface area contributed by atoms with Gasteiger partial charge in [0.05, 0.1) is 17.1 Å². The molecule has 0 saturated heterocycles. The Bertz CT molecular complexity index is 1140. The fraction of sp³-hybridized carbons (Fsp3) is 0.158. The first-order valence-electron chi connectivity index (χ1n) is 7.73. The number of hydrogen-bond acceptors (Lipinski definition) is 3. The van der Waals surface area contributed by atoms with Gasteiger partial charge in [0.25, 0.3) is 0 Å². The van der Waals surface area contributed by atoms with Gasteiger partial charge < -0.3 is 14.8 Å². The van der Waals surface area contributed by atoms with E-state index in [-0.39, 0.29) is 27.6 Å². The Kier molecular flexibility index (Phi) is 4.11. The van der Waals surface area contributed by atoms with Gasteiger partial charge in [-0.3, -0.25) is 0 Å². The van der Waals surface area contributed by atoms with E-state index < -0.39 is 23.6 Å². The molecule has 2 aromatic carbocycles. The van der Waals surface area contributed by atoms with Crippen LogP contribution in [0.3, 0.4) is 0 Å². The molecule has 0 aliphatic heterocycles. The van der Waals surface area contributed by atoms with Crippen molar-refractivity contribution >= 4 is 16.9 Å². The van der Waals surface area contributed by atoms with Gasteiger partial charge in [-0.05, 0) is 47.9 Å². The number of aromatic nitrogens is 1. The van der Waals surface area contributed by atoms with Crippen LogP contribution in [0.4, 0.5) is 13.2 Å². The normalized spacial score (nSPS) is 11.6. The van der Waals surface area contributed by atoms with E-state index >= 15 is 0 Å². The summed E-state index contributed by atoms with van der Waals surface area (Å²) in [5.41, 5.74) is 0.0135. The van der Waals surface area contributed by atoms with Gasteiger partial charge in [-0.15, -0.1) is 0 Å². The molecule has 0 spiro atoms. The van der Waals surface area contributed by atoms with Crippen molar-refractivity contribution in [1.29, 1.82) is 5.26 Å². The molecule has 0 saturated carbocycles. The van der Waals surface area contributed by atoms with Crippen molar-refractivity contribution < 1.29 is 28.2 Å². The Balaban J connectivity index is 2.40. The summed E-state index contributed by atoms with van der Waals surface area (Å²) in [6, 6.07) is 8.26. The Hall–Kier alpha value is -3.47. The molecule has 0 fully saturated rings. The van der Waals surface area contributed by atoms with Crippen molar-refractivity contribution in [2.24, 2.45) is 7.05 Å². The molecule has 0 aliphatic rings. The molecule has 0 aliphatic carbocycles. The second-order valence-corrected chi connectivity index (χ2v) is 6.09. The van der Waals surface area contributed by atoms with Crippen molar-refractivity contribution in [2.45, 2.75) is 13.1 Å². The summed E-state index contributed by atoms with van der Waals surface area (Å²) >= 11 is 0. The largest absolute Gasteiger partial charge is 0.507 e. The maximum Gasteiger partial charge on any atom is 0.431 e. The summed E-state index contributed by atoms with van der Waals surface area (Å²) in [4.78, 5) is 11.2. The van der Waals surface area contributed by atoms with Gasteiger partial charge >= 0.3 is 12.1 Å². The van der Waals surface area contributed by atoms with E-state index in [1.165, 1.54) is 38.2 Å². The van der Waals surface area contributed by atoms with E-state index in [0.717, 1.165) is 10.6 Å². The molecular formula is C19H13F3N2O3. The molecule has 8 heteroatoms. The number of aromatic carboxylic acids is 1. The predicted molar refractivity (Wildman–Crippen MR) is 91.4 cm³/mol. The van der Waals surface area contributed by atoms with Crippen LogP contribution in [0, 0.1) is 18.3 Å². The highest BCUT2D eigenvalue weighted by molar-refractivity contribution is 6.00. The molecule has 27 heavy (non-hydrogen) atoms. The number of phenols is 1.